The van der Waals surface area contributed by atoms with Crippen molar-refractivity contribution in [3.63, 3.8) is 0 Å². The molecule has 0 bridgehead atoms. The van der Waals surface area contributed by atoms with E-state index in [4.69, 9.17) is 4.84 Å². The largest absolute Gasteiger partial charge is 0.348 e. The molecule has 1 aromatic heterocycles. The lowest BCUT2D eigenvalue weighted by molar-refractivity contribution is -0.140. The minimum absolute atomic E-state index is 0.0724. The number of oxime groups is 1. The molecule has 0 saturated heterocycles. The Morgan fingerprint density at radius 3 is 2.52 bits per heavy atom. The third-order valence-corrected chi connectivity index (χ3v) is 4.64. The second kappa shape index (κ2) is 11.5. The van der Waals surface area contributed by atoms with Crippen LogP contribution in [0.2, 0.25) is 0 Å². The van der Waals surface area contributed by atoms with Crippen molar-refractivity contribution in [2.75, 3.05) is 0 Å². The minimum atomic E-state index is -0.470. The van der Waals surface area contributed by atoms with Crippen LogP contribution in [0, 0.1) is 0 Å². The van der Waals surface area contributed by atoms with E-state index in [-0.39, 0.29) is 5.78 Å². The van der Waals surface area contributed by atoms with Gasteiger partial charge in [0.25, 0.3) is 0 Å². The molecule has 1 heterocycles. The van der Waals surface area contributed by atoms with E-state index in [2.05, 4.69) is 23.2 Å². The Morgan fingerprint density at radius 2 is 1.87 bits per heavy atom. The number of fused-ring (bicyclic) bond motifs is 1. The second-order valence-electron chi connectivity index (χ2n) is 6.78. The number of allylic oxidation sites excluding steroid dienone is 5. The molecule has 0 unspecified atom stereocenters. The molecule has 0 N–H and O–H groups in total. The maximum absolute atomic E-state index is 13.0. The number of aryl methyl sites for hydroxylation is 1. The number of nitrogens with zero attached hydrogens (tertiary/aromatic N) is 2. The van der Waals surface area contributed by atoms with E-state index >= 15 is 0 Å². The summed E-state index contributed by atoms with van der Waals surface area (Å²) in [5.41, 5.74) is 3.57. The van der Waals surface area contributed by atoms with Crippen LogP contribution in [0.5, 0.6) is 0 Å². The van der Waals surface area contributed by atoms with Gasteiger partial charge >= 0.3 is 5.97 Å². The molecule has 1 aromatic carbocycles. The Hall–Kier alpha value is -3.73. The van der Waals surface area contributed by atoms with Crippen LogP contribution in [0.15, 0.2) is 90.3 Å². The minimum Gasteiger partial charge on any atom is -0.348 e. The van der Waals surface area contributed by atoms with Gasteiger partial charge in [-0.1, -0.05) is 54.2 Å². The summed E-state index contributed by atoms with van der Waals surface area (Å²) in [5.74, 6) is -0.542. The number of benzene rings is 1. The van der Waals surface area contributed by atoms with E-state index in [1.165, 1.54) is 6.92 Å². The summed E-state index contributed by atoms with van der Waals surface area (Å²) in [7, 11) is 0. The van der Waals surface area contributed by atoms with Gasteiger partial charge in [-0.15, -0.1) is 0 Å². The van der Waals surface area contributed by atoms with Crippen molar-refractivity contribution in [3.05, 3.63) is 96.2 Å². The second-order valence-corrected chi connectivity index (χ2v) is 6.78. The van der Waals surface area contributed by atoms with E-state index < -0.39 is 5.97 Å². The number of carbonyl (C=O) groups excluding carboxylic acids is 2. The molecule has 0 atom stereocenters. The molecule has 160 valence electrons. The molecule has 0 saturated carbocycles. The maximum Gasteiger partial charge on any atom is 0.331 e. The van der Waals surface area contributed by atoms with Gasteiger partial charge in [0.15, 0.2) is 5.78 Å². The van der Waals surface area contributed by atoms with E-state index in [1.54, 1.807) is 31.2 Å². The molecular weight excluding hydrogens is 388 g/mol. The smallest absolute Gasteiger partial charge is 0.331 e. The van der Waals surface area contributed by atoms with E-state index in [0.29, 0.717) is 16.8 Å². The zero-order chi connectivity index (χ0) is 22.8. The fourth-order valence-corrected chi connectivity index (χ4v) is 2.99. The highest BCUT2D eigenvalue weighted by atomic mass is 16.7. The maximum atomic E-state index is 13.0. The number of aromatic nitrogens is 1. The molecule has 0 aliphatic heterocycles. The van der Waals surface area contributed by atoms with E-state index in [9.17, 15) is 9.59 Å². The third-order valence-electron chi connectivity index (χ3n) is 4.64. The highest BCUT2D eigenvalue weighted by molar-refractivity contribution is 6.10. The molecule has 0 amide bonds. The highest BCUT2D eigenvalue weighted by Gasteiger charge is 2.08. The molecule has 2 aromatic rings. The first-order valence-corrected chi connectivity index (χ1v) is 10.1. The van der Waals surface area contributed by atoms with Crippen molar-refractivity contribution < 1.29 is 14.4 Å². The van der Waals surface area contributed by atoms with Crippen LogP contribution in [0.3, 0.4) is 0 Å². The van der Waals surface area contributed by atoms with Crippen molar-refractivity contribution in [1.82, 2.24) is 4.57 Å². The Balaban J connectivity index is 2.68. The van der Waals surface area contributed by atoms with Crippen LogP contribution >= 0.6 is 0 Å². The van der Waals surface area contributed by atoms with Crippen LogP contribution in [0.4, 0.5) is 0 Å². The number of carbonyl (C=O) groups is 2. The molecule has 0 radical (unpaired) electrons. The molecular formula is C26H28N2O3. The van der Waals surface area contributed by atoms with Crippen LogP contribution < -0.4 is 0 Å². The van der Waals surface area contributed by atoms with Crippen LogP contribution in [0.1, 0.15) is 43.6 Å². The summed E-state index contributed by atoms with van der Waals surface area (Å²) >= 11 is 0. The fraction of sp³-hybridized carbons (Fsp3) is 0.192. The van der Waals surface area contributed by atoms with Gasteiger partial charge in [-0.25, -0.2) is 4.79 Å². The van der Waals surface area contributed by atoms with Crippen LogP contribution in [0.25, 0.3) is 10.9 Å². The lowest BCUT2D eigenvalue weighted by Gasteiger charge is -2.07. The van der Waals surface area contributed by atoms with E-state index in [1.807, 2.05) is 55.6 Å². The quantitative estimate of drug-likeness (QED) is 0.140. The Kier molecular flexibility index (Phi) is 8.70. The van der Waals surface area contributed by atoms with Crippen molar-refractivity contribution in [3.8, 4) is 0 Å². The number of rotatable bonds is 7. The normalized spacial score (nSPS) is 12.0. The predicted octanol–water partition coefficient (Wildman–Crippen LogP) is 5.94. The Morgan fingerprint density at radius 1 is 1.13 bits per heavy atom. The average Bonchev–Trinajstić information content (AvgIpc) is 2.85. The topological polar surface area (TPSA) is 60.7 Å². The average molecular weight is 417 g/mol. The van der Waals surface area contributed by atoms with Crippen LogP contribution in [-0.4, -0.2) is 22.0 Å². The first-order chi connectivity index (χ1) is 14.9. The molecule has 0 aliphatic carbocycles. The van der Waals surface area contributed by atoms with Crippen molar-refractivity contribution in [1.29, 1.82) is 0 Å². The van der Waals surface area contributed by atoms with Gasteiger partial charge in [0.05, 0.1) is 5.71 Å². The summed E-state index contributed by atoms with van der Waals surface area (Å²) in [5, 5.41) is 4.80. The van der Waals surface area contributed by atoms with Crippen LogP contribution in [-0.2, 0) is 16.2 Å². The zero-order valence-electron chi connectivity index (χ0n) is 18.5. The SMILES string of the molecule is C=C/C=C\C(=C\C)C(=O)c1cccn(CC)c2ccc(/C(C)=N/OC(C)=O)cc2cc1. The molecule has 0 aliphatic rings. The summed E-state index contributed by atoms with van der Waals surface area (Å²) in [6, 6.07) is 13.3. The van der Waals surface area contributed by atoms with Gasteiger partial charge in [0.1, 0.15) is 0 Å². The van der Waals surface area contributed by atoms with Gasteiger partial charge in [0, 0.05) is 36.3 Å². The summed E-state index contributed by atoms with van der Waals surface area (Å²) < 4.78 is 2.10. The van der Waals surface area contributed by atoms with Crippen molar-refractivity contribution in [2.45, 2.75) is 34.2 Å². The number of Topliss-reactive ketones (excluding diaryl/α,β-unsaturated/α-hetero) is 1. The Bertz CT molecular complexity index is 1130. The first-order valence-electron chi connectivity index (χ1n) is 10.1. The highest BCUT2D eigenvalue weighted by Crippen LogP contribution is 2.17. The summed E-state index contributed by atoms with van der Waals surface area (Å²) in [6.07, 6.45) is 8.87. The van der Waals surface area contributed by atoms with Gasteiger partial charge in [-0.05, 0) is 56.0 Å². The molecule has 5 nitrogen and oxygen atoms in total. The summed E-state index contributed by atoms with van der Waals surface area (Å²) in [6.45, 7) is 11.4. The fourth-order valence-electron chi connectivity index (χ4n) is 2.99. The first kappa shape index (κ1) is 23.5. The summed E-state index contributed by atoms with van der Waals surface area (Å²) in [4.78, 5) is 28.8. The molecule has 5 heteroatoms. The number of ketones is 1. The van der Waals surface area contributed by atoms with E-state index in [0.717, 1.165) is 23.0 Å². The van der Waals surface area contributed by atoms with Gasteiger partial charge in [-0.2, -0.15) is 0 Å². The predicted molar refractivity (Wildman–Crippen MR) is 127 cm³/mol. The third kappa shape index (κ3) is 6.37. The number of hydrogen-bond donors (Lipinski definition) is 0. The molecule has 2 rings (SSSR count). The molecule has 0 spiro atoms. The number of hydrogen-bond acceptors (Lipinski definition) is 4. The van der Waals surface area contributed by atoms with Crippen molar-refractivity contribution >= 4 is 28.4 Å². The van der Waals surface area contributed by atoms with Gasteiger partial charge < -0.3 is 9.40 Å². The lowest BCUT2D eigenvalue weighted by Crippen LogP contribution is -2.00. The van der Waals surface area contributed by atoms with Gasteiger partial charge in [0.2, 0.25) is 0 Å². The molecule has 31 heavy (non-hydrogen) atoms. The molecule has 0 fully saturated rings. The standard InChI is InChI=1S/C26H28N2O3/c1-6-9-11-21(7-2)26(30)22-12-10-17-28(8-3)25-16-15-23(18-24(25)14-13-22)19(4)27-31-20(5)29/h6-7,9-18H,1,8H2,2-5H3/b11-9-,14-13?,17-10?,21-7-,22-12?,27-19+. The van der Waals surface area contributed by atoms with Gasteiger partial charge in [-0.3, -0.25) is 4.79 Å². The Labute approximate surface area is 183 Å². The van der Waals surface area contributed by atoms with Crippen molar-refractivity contribution in [2.24, 2.45) is 5.16 Å². The zero-order valence-corrected chi connectivity index (χ0v) is 18.5. The monoisotopic (exact) mass is 416 g/mol. The lowest BCUT2D eigenvalue weighted by atomic mass is 10.0.